The summed E-state index contributed by atoms with van der Waals surface area (Å²) in [5.74, 6) is -0.128. The fraction of sp³-hybridized carbons (Fsp3) is 0.619. The van der Waals surface area contributed by atoms with Crippen molar-refractivity contribution < 1.29 is 19.4 Å². The van der Waals surface area contributed by atoms with Crippen LogP contribution in [0.2, 0.25) is 0 Å². The van der Waals surface area contributed by atoms with Gasteiger partial charge in [0.25, 0.3) is 0 Å². The minimum absolute atomic E-state index is 0.0793. The number of ether oxygens (including phenoxy) is 1. The number of carboxylic acid groups (broad SMARTS) is 1. The quantitative estimate of drug-likeness (QED) is 0.857. The molecule has 4 rings (SSSR count). The van der Waals surface area contributed by atoms with Gasteiger partial charge in [-0.05, 0) is 48.8 Å². The Morgan fingerprint density at radius 2 is 1.81 bits per heavy atom. The van der Waals surface area contributed by atoms with Crippen molar-refractivity contribution >= 4 is 11.9 Å². The van der Waals surface area contributed by atoms with Gasteiger partial charge in [-0.15, -0.1) is 0 Å². The minimum Gasteiger partial charge on any atom is -0.497 e. The Morgan fingerprint density at radius 1 is 1.11 bits per heavy atom. The molecule has 146 valence electrons. The van der Waals surface area contributed by atoms with Crippen LogP contribution in [-0.2, 0) is 16.1 Å². The predicted molar refractivity (Wildman–Crippen MR) is 100 cm³/mol. The average Bonchev–Trinajstić information content (AvgIpc) is 3.29. The predicted octanol–water partition coefficient (Wildman–Crippen LogP) is 2.09. The molecular weight excluding hydrogens is 344 g/mol. The maximum atomic E-state index is 13.1. The number of carbonyl (C=O) groups excluding carboxylic acids is 1. The van der Waals surface area contributed by atoms with E-state index >= 15 is 0 Å². The molecule has 2 saturated carbocycles. The second kappa shape index (κ2) is 7.50. The number of piperazine rings is 1. The fourth-order valence-electron chi connectivity index (χ4n) is 5.37. The van der Waals surface area contributed by atoms with Crippen molar-refractivity contribution in [1.29, 1.82) is 0 Å². The van der Waals surface area contributed by atoms with Gasteiger partial charge in [-0.3, -0.25) is 14.5 Å². The maximum absolute atomic E-state index is 13.1. The van der Waals surface area contributed by atoms with E-state index in [9.17, 15) is 14.7 Å². The zero-order valence-corrected chi connectivity index (χ0v) is 15.8. The molecule has 2 aliphatic carbocycles. The summed E-state index contributed by atoms with van der Waals surface area (Å²) >= 11 is 0. The lowest BCUT2D eigenvalue weighted by atomic mass is 9.78. The van der Waals surface area contributed by atoms with Crippen LogP contribution in [0, 0.1) is 23.7 Å². The van der Waals surface area contributed by atoms with Crippen molar-refractivity contribution in [2.75, 3.05) is 33.3 Å². The summed E-state index contributed by atoms with van der Waals surface area (Å²) in [4.78, 5) is 29.0. The number of amides is 1. The van der Waals surface area contributed by atoms with Gasteiger partial charge >= 0.3 is 5.97 Å². The van der Waals surface area contributed by atoms with Gasteiger partial charge in [-0.1, -0.05) is 12.1 Å². The number of benzene rings is 1. The number of hydrogen-bond donors (Lipinski definition) is 1. The van der Waals surface area contributed by atoms with E-state index in [1.165, 1.54) is 5.56 Å². The molecule has 6 heteroatoms. The molecule has 1 aliphatic heterocycles. The number of hydrogen-bond acceptors (Lipinski definition) is 4. The van der Waals surface area contributed by atoms with E-state index in [1.807, 2.05) is 23.1 Å². The van der Waals surface area contributed by atoms with Crippen molar-refractivity contribution in [2.24, 2.45) is 23.7 Å². The second-order valence-corrected chi connectivity index (χ2v) is 8.18. The third-order valence-electron chi connectivity index (χ3n) is 6.71. The largest absolute Gasteiger partial charge is 0.497 e. The first-order chi connectivity index (χ1) is 13.1. The third kappa shape index (κ3) is 3.55. The highest BCUT2D eigenvalue weighted by Crippen LogP contribution is 2.53. The standard InChI is InChI=1S/C21H28N2O4/c1-27-17-4-2-3-14(11-17)13-22-7-9-23(10-8-22)20(24)18-15-5-6-16(12-15)19(18)21(25)26/h2-4,11,15-16,18-19H,5-10,12-13H2,1H3,(H,25,26)/t15-,16-,18-,19-/m0/s1. The first-order valence-corrected chi connectivity index (χ1v) is 9.93. The van der Waals surface area contributed by atoms with Crippen LogP contribution in [0.4, 0.5) is 0 Å². The normalized spacial score (nSPS) is 30.5. The topological polar surface area (TPSA) is 70.1 Å². The molecule has 0 spiro atoms. The van der Waals surface area contributed by atoms with Crippen molar-refractivity contribution in [3.05, 3.63) is 29.8 Å². The molecule has 0 unspecified atom stereocenters. The Labute approximate surface area is 160 Å². The lowest BCUT2D eigenvalue weighted by molar-refractivity contribution is -0.153. The van der Waals surface area contributed by atoms with Gasteiger partial charge < -0.3 is 14.7 Å². The van der Waals surface area contributed by atoms with Crippen LogP contribution in [0.3, 0.4) is 0 Å². The number of fused-ring (bicyclic) bond motifs is 2. The highest BCUT2D eigenvalue weighted by atomic mass is 16.5. The lowest BCUT2D eigenvalue weighted by Crippen LogP contribution is -2.52. The van der Waals surface area contributed by atoms with E-state index in [1.54, 1.807) is 7.11 Å². The molecule has 3 fully saturated rings. The molecule has 1 amide bonds. The van der Waals surface area contributed by atoms with Gasteiger partial charge in [-0.25, -0.2) is 0 Å². The molecular formula is C21H28N2O4. The Hall–Kier alpha value is -2.08. The van der Waals surface area contributed by atoms with Gasteiger partial charge in [0.2, 0.25) is 5.91 Å². The Morgan fingerprint density at radius 3 is 2.48 bits per heavy atom. The van der Waals surface area contributed by atoms with Crippen LogP contribution in [0.5, 0.6) is 5.75 Å². The van der Waals surface area contributed by atoms with Crippen LogP contribution >= 0.6 is 0 Å². The molecule has 4 atom stereocenters. The smallest absolute Gasteiger partial charge is 0.307 e. The van der Waals surface area contributed by atoms with Crippen molar-refractivity contribution in [3.63, 3.8) is 0 Å². The van der Waals surface area contributed by atoms with Crippen molar-refractivity contribution in [3.8, 4) is 5.75 Å². The number of carbonyl (C=O) groups is 2. The summed E-state index contributed by atoms with van der Waals surface area (Å²) in [5, 5.41) is 9.61. The van der Waals surface area contributed by atoms with Crippen LogP contribution in [-0.4, -0.2) is 60.1 Å². The van der Waals surface area contributed by atoms with Crippen LogP contribution < -0.4 is 4.74 Å². The highest BCUT2D eigenvalue weighted by molar-refractivity contribution is 5.86. The molecule has 1 heterocycles. The molecule has 27 heavy (non-hydrogen) atoms. The van der Waals surface area contributed by atoms with Gasteiger partial charge in [0, 0.05) is 32.7 Å². The van der Waals surface area contributed by atoms with E-state index in [0.29, 0.717) is 13.1 Å². The van der Waals surface area contributed by atoms with Crippen LogP contribution in [0.25, 0.3) is 0 Å². The minimum atomic E-state index is -0.780. The Balaban J connectivity index is 1.35. The number of rotatable bonds is 5. The summed E-state index contributed by atoms with van der Waals surface area (Å²) in [7, 11) is 1.67. The summed E-state index contributed by atoms with van der Waals surface area (Å²) < 4.78 is 5.28. The molecule has 0 aromatic heterocycles. The monoisotopic (exact) mass is 372 g/mol. The average molecular weight is 372 g/mol. The maximum Gasteiger partial charge on any atom is 0.307 e. The van der Waals surface area contributed by atoms with Crippen LogP contribution in [0.1, 0.15) is 24.8 Å². The summed E-state index contributed by atoms with van der Waals surface area (Å²) in [5.41, 5.74) is 1.20. The van der Waals surface area contributed by atoms with Crippen molar-refractivity contribution in [1.82, 2.24) is 9.80 Å². The highest BCUT2D eigenvalue weighted by Gasteiger charge is 2.54. The first kappa shape index (κ1) is 18.3. The molecule has 1 N–H and O–H groups in total. The summed E-state index contributed by atoms with van der Waals surface area (Å²) in [6, 6.07) is 8.07. The van der Waals surface area contributed by atoms with Crippen LogP contribution in [0.15, 0.2) is 24.3 Å². The molecule has 0 radical (unpaired) electrons. The fourth-order valence-corrected chi connectivity index (χ4v) is 5.37. The second-order valence-electron chi connectivity index (χ2n) is 8.18. The molecule has 6 nitrogen and oxygen atoms in total. The van der Waals surface area contributed by atoms with E-state index in [2.05, 4.69) is 11.0 Å². The third-order valence-corrected chi connectivity index (χ3v) is 6.71. The number of carboxylic acids is 1. The van der Waals surface area contributed by atoms with E-state index in [0.717, 1.165) is 44.6 Å². The zero-order chi connectivity index (χ0) is 19.0. The van der Waals surface area contributed by atoms with Gasteiger partial charge in [0.05, 0.1) is 18.9 Å². The Kier molecular flexibility index (Phi) is 5.08. The molecule has 1 aromatic rings. The molecule has 2 bridgehead atoms. The molecule has 3 aliphatic rings. The number of methoxy groups -OCH3 is 1. The lowest BCUT2D eigenvalue weighted by Gasteiger charge is -2.38. The van der Waals surface area contributed by atoms with E-state index in [4.69, 9.17) is 4.74 Å². The zero-order valence-electron chi connectivity index (χ0n) is 15.8. The van der Waals surface area contributed by atoms with E-state index in [-0.39, 0.29) is 23.7 Å². The summed E-state index contributed by atoms with van der Waals surface area (Å²) in [6.45, 7) is 3.85. The Bertz CT molecular complexity index is 714. The first-order valence-electron chi connectivity index (χ1n) is 9.93. The molecule has 1 saturated heterocycles. The SMILES string of the molecule is COc1cccc(CN2CCN(C(=O)[C@H]3[C@H]4CC[C@@H](C4)[C@@H]3C(=O)O)CC2)c1. The number of nitrogens with zero attached hydrogens (tertiary/aromatic N) is 2. The summed E-state index contributed by atoms with van der Waals surface area (Å²) in [6.07, 6.45) is 2.91. The van der Waals surface area contributed by atoms with Crippen molar-refractivity contribution in [2.45, 2.75) is 25.8 Å². The van der Waals surface area contributed by atoms with Gasteiger partial charge in [0.15, 0.2) is 0 Å². The van der Waals surface area contributed by atoms with Gasteiger partial charge in [-0.2, -0.15) is 0 Å². The number of aliphatic carboxylic acids is 1. The molecule has 1 aromatic carbocycles. The van der Waals surface area contributed by atoms with E-state index < -0.39 is 11.9 Å². The van der Waals surface area contributed by atoms with Gasteiger partial charge in [0.1, 0.15) is 5.75 Å².